The van der Waals surface area contributed by atoms with E-state index in [1.54, 1.807) is 6.33 Å². The first kappa shape index (κ1) is 19.2. The van der Waals surface area contributed by atoms with Gasteiger partial charge in [-0.05, 0) is 35.6 Å². The molecule has 0 aliphatic heterocycles. The number of hydrogen-bond acceptors (Lipinski definition) is 4. The first-order valence-corrected chi connectivity index (χ1v) is 10.1. The zero-order valence-corrected chi connectivity index (χ0v) is 16.4. The summed E-state index contributed by atoms with van der Waals surface area (Å²) in [6.45, 7) is 4.98. The van der Waals surface area contributed by atoms with Gasteiger partial charge in [0, 0.05) is 12.2 Å². The van der Waals surface area contributed by atoms with Crippen molar-refractivity contribution in [2.75, 3.05) is 12.3 Å². The maximum absolute atomic E-state index is 12.1. The van der Waals surface area contributed by atoms with E-state index < -0.39 is 0 Å². The molecule has 6 heteroatoms. The van der Waals surface area contributed by atoms with E-state index >= 15 is 0 Å². The summed E-state index contributed by atoms with van der Waals surface area (Å²) in [5.74, 6) is 0.811. The Morgan fingerprint density at radius 1 is 1.11 bits per heavy atom. The highest BCUT2D eigenvalue weighted by Crippen LogP contribution is 2.21. The molecule has 0 bridgehead atoms. The van der Waals surface area contributed by atoms with Crippen LogP contribution >= 0.6 is 11.8 Å². The Bertz CT molecular complexity index is 859. The Labute approximate surface area is 164 Å². The number of thioether (sulfide) groups is 1. The molecule has 27 heavy (non-hydrogen) atoms. The Kier molecular flexibility index (Phi) is 6.65. The fourth-order valence-electron chi connectivity index (χ4n) is 2.69. The van der Waals surface area contributed by atoms with E-state index in [9.17, 15) is 4.79 Å². The van der Waals surface area contributed by atoms with Crippen LogP contribution in [-0.2, 0) is 11.2 Å². The number of aromatic nitrogens is 3. The number of benzene rings is 2. The summed E-state index contributed by atoms with van der Waals surface area (Å²) in [6.07, 6.45) is 2.51. The predicted molar refractivity (Wildman–Crippen MR) is 109 cm³/mol. The predicted octanol–water partition coefficient (Wildman–Crippen LogP) is 3.84. The largest absolute Gasteiger partial charge is 0.355 e. The summed E-state index contributed by atoms with van der Waals surface area (Å²) in [5, 5.41) is 11.8. The molecule has 2 aromatic carbocycles. The second-order valence-electron chi connectivity index (χ2n) is 6.60. The van der Waals surface area contributed by atoms with Crippen molar-refractivity contribution in [3.63, 3.8) is 0 Å². The third kappa shape index (κ3) is 5.44. The topological polar surface area (TPSA) is 59.8 Å². The van der Waals surface area contributed by atoms with E-state index in [0.717, 1.165) is 12.1 Å². The second-order valence-corrected chi connectivity index (χ2v) is 7.55. The normalized spacial score (nSPS) is 10.9. The summed E-state index contributed by atoms with van der Waals surface area (Å²) in [4.78, 5) is 12.1. The van der Waals surface area contributed by atoms with Gasteiger partial charge in [0.1, 0.15) is 6.33 Å². The summed E-state index contributed by atoms with van der Waals surface area (Å²) in [7, 11) is 0. The monoisotopic (exact) mass is 380 g/mol. The number of nitrogens with zero attached hydrogens (tertiary/aromatic N) is 3. The summed E-state index contributed by atoms with van der Waals surface area (Å²) in [6, 6.07) is 18.5. The standard InChI is InChI=1S/C21H24N4OS/c1-16(2)18-8-10-19(11-9-18)25-15-23-24-21(25)27-14-20(26)22-13-12-17-6-4-3-5-7-17/h3-11,15-16H,12-14H2,1-2H3,(H,22,26). The van der Waals surface area contributed by atoms with Gasteiger partial charge in [-0.15, -0.1) is 10.2 Å². The molecule has 0 saturated carbocycles. The molecule has 3 aromatic rings. The SMILES string of the molecule is CC(C)c1ccc(-n2cnnc2SCC(=O)NCCc2ccccc2)cc1. The summed E-state index contributed by atoms with van der Waals surface area (Å²) in [5.41, 5.74) is 3.50. The molecule has 1 N–H and O–H groups in total. The van der Waals surface area contributed by atoms with Crippen LogP contribution in [0.2, 0.25) is 0 Å². The van der Waals surface area contributed by atoms with Gasteiger partial charge in [0.15, 0.2) is 5.16 Å². The van der Waals surface area contributed by atoms with Crippen LogP contribution in [0.3, 0.4) is 0 Å². The van der Waals surface area contributed by atoms with Gasteiger partial charge in [-0.3, -0.25) is 9.36 Å². The fourth-order valence-corrected chi connectivity index (χ4v) is 3.45. The molecule has 1 amide bonds. The van der Waals surface area contributed by atoms with E-state index in [-0.39, 0.29) is 5.91 Å². The molecule has 0 aliphatic carbocycles. The second kappa shape index (κ2) is 9.37. The lowest BCUT2D eigenvalue weighted by Gasteiger charge is -2.09. The van der Waals surface area contributed by atoms with Crippen molar-refractivity contribution in [3.8, 4) is 5.69 Å². The minimum atomic E-state index is 0.000590. The van der Waals surface area contributed by atoms with Crippen LogP contribution in [0.25, 0.3) is 5.69 Å². The van der Waals surface area contributed by atoms with Crippen LogP contribution in [0.4, 0.5) is 0 Å². The lowest BCUT2D eigenvalue weighted by molar-refractivity contribution is -0.118. The highest BCUT2D eigenvalue weighted by molar-refractivity contribution is 7.99. The molecular formula is C21H24N4OS. The molecule has 1 heterocycles. The molecule has 1 aromatic heterocycles. The van der Waals surface area contributed by atoms with Crippen LogP contribution in [0, 0.1) is 0 Å². The van der Waals surface area contributed by atoms with E-state index in [0.29, 0.717) is 23.4 Å². The van der Waals surface area contributed by atoms with Crippen molar-refractivity contribution in [2.45, 2.75) is 31.3 Å². The molecule has 5 nitrogen and oxygen atoms in total. The summed E-state index contributed by atoms with van der Waals surface area (Å²) < 4.78 is 1.91. The first-order chi connectivity index (χ1) is 13.1. The van der Waals surface area contributed by atoms with Gasteiger partial charge in [0.05, 0.1) is 5.75 Å². The zero-order valence-electron chi connectivity index (χ0n) is 15.6. The average Bonchev–Trinajstić information content (AvgIpc) is 3.16. The van der Waals surface area contributed by atoms with Gasteiger partial charge in [0.2, 0.25) is 5.91 Å². The highest BCUT2D eigenvalue weighted by atomic mass is 32.2. The molecule has 0 aliphatic rings. The molecule has 0 radical (unpaired) electrons. The van der Waals surface area contributed by atoms with Crippen molar-refractivity contribution < 1.29 is 4.79 Å². The van der Waals surface area contributed by atoms with E-state index in [2.05, 4.69) is 65.8 Å². The van der Waals surface area contributed by atoms with Crippen LogP contribution in [0.5, 0.6) is 0 Å². The number of carbonyl (C=O) groups is 1. The Morgan fingerprint density at radius 3 is 2.56 bits per heavy atom. The molecule has 3 rings (SSSR count). The van der Waals surface area contributed by atoms with Gasteiger partial charge >= 0.3 is 0 Å². The summed E-state index contributed by atoms with van der Waals surface area (Å²) >= 11 is 1.39. The zero-order chi connectivity index (χ0) is 19.1. The van der Waals surface area contributed by atoms with Gasteiger partial charge in [-0.2, -0.15) is 0 Å². The van der Waals surface area contributed by atoms with Crippen LogP contribution in [0.15, 0.2) is 66.1 Å². The molecule has 0 atom stereocenters. The third-order valence-electron chi connectivity index (χ3n) is 4.27. The lowest BCUT2D eigenvalue weighted by Crippen LogP contribution is -2.27. The average molecular weight is 381 g/mol. The maximum atomic E-state index is 12.1. The van der Waals surface area contributed by atoms with Crippen LogP contribution in [-0.4, -0.2) is 33.0 Å². The quantitative estimate of drug-likeness (QED) is 0.603. The van der Waals surface area contributed by atoms with Crippen molar-refractivity contribution in [1.29, 1.82) is 0 Å². The Morgan fingerprint density at radius 2 is 1.85 bits per heavy atom. The molecule has 0 fully saturated rings. The fraction of sp³-hybridized carbons (Fsp3) is 0.286. The van der Waals surface area contributed by atoms with E-state index in [4.69, 9.17) is 0 Å². The van der Waals surface area contributed by atoms with Crippen molar-refractivity contribution in [2.24, 2.45) is 0 Å². The molecular weight excluding hydrogens is 356 g/mol. The molecule has 0 unspecified atom stereocenters. The molecule has 140 valence electrons. The van der Waals surface area contributed by atoms with Crippen molar-refractivity contribution >= 4 is 17.7 Å². The Balaban J connectivity index is 1.51. The van der Waals surface area contributed by atoms with Crippen molar-refractivity contribution in [3.05, 3.63) is 72.1 Å². The number of rotatable bonds is 8. The number of hydrogen-bond donors (Lipinski definition) is 1. The minimum Gasteiger partial charge on any atom is -0.355 e. The molecule has 0 saturated heterocycles. The number of amides is 1. The smallest absolute Gasteiger partial charge is 0.230 e. The lowest BCUT2D eigenvalue weighted by atomic mass is 10.0. The Hall–Kier alpha value is -2.60. The van der Waals surface area contributed by atoms with Crippen LogP contribution in [0.1, 0.15) is 30.9 Å². The maximum Gasteiger partial charge on any atom is 0.230 e. The number of carbonyl (C=O) groups excluding carboxylic acids is 1. The third-order valence-corrected chi connectivity index (χ3v) is 5.21. The van der Waals surface area contributed by atoms with Gasteiger partial charge in [0.25, 0.3) is 0 Å². The van der Waals surface area contributed by atoms with E-state index in [1.807, 2.05) is 22.8 Å². The van der Waals surface area contributed by atoms with Gasteiger partial charge in [-0.25, -0.2) is 0 Å². The van der Waals surface area contributed by atoms with Crippen molar-refractivity contribution in [1.82, 2.24) is 20.1 Å². The van der Waals surface area contributed by atoms with Gasteiger partial charge < -0.3 is 5.32 Å². The van der Waals surface area contributed by atoms with Crippen LogP contribution < -0.4 is 5.32 Å². The minimum absolute atomic E-state index is 0.000590. The molecule has 0 spiro atoms. The van der Waals surface area contributed by atoms with Gasteiger partial charge in [-0.1, -0.05) is 68.1 Å². The van der Waals surface area contributed by atoms with E-state index in [1.165, 1.54) is 22.9 Å². The number of nitrogens with one attached hydrogen (secondary N) is 1. The first-order valence-electron chi connectivity index (χ1n) is 9.07. The highest BCUT2D eigenvalue weighted by Gasteiger charge is 2.10.